The summed E-state index contributed by atoms with van der Waals surface area (Å²) in [5, 5.41) is 39.9. The fraction of sp³-hybridized carbons (Fsp3) is 0.556. The second kappa shape index (κ2) is 16.3. The van der Waals surface area contributed by atoms with Gasteiger partial charge in [-0.1, -0.05) is 62.4 Å². The minimum atomic E-state index is -2.40. The standard InChI is InChI=1S/C45H55NO15/c1-23-28(58-39(53)33(50)32(26-16-12-10-13-17-26)46-40(54)61-41(4,5)6)21-45(55)37(59-38(52)27-18-14-11-15-19-27)35-43(9,29(49)20-30-44(35,22-56-30)60-25(3)48)36(51)34(57-24(2)47)31(23)42(45,7)8/h10-19,29-35,37,49-50,55H,20-22H2,1-9H3,(H,46,54)/t29-,30+,31+,32-,33+,34+,35-,37-,43+,44-,45+/m0/s1. The summed E-state index contributed by atoms with van der Waals surface area (Å²) in [6, 6.07) is 14.5. The Hall–Kier alpha value is -5.16. The van der Waals surface area contributed by atoms with Crippen LogP contribution in [0.2, 0.25) is 0 Å². The van der Waals surface area contributed by atoms with E-state index < -0.39 is 118 Å². The van der Waals surface area contributed by atoms with Crippen molar-refractivity contribution in [2.24, 2.45) is 22.7 Å². The number of aliphatic hydroxyl groups is 3. The molecule has 1 saturated heterocycles. The molecule has 1 aliphatic heterocycles. The monoisotopic (exact) mass is 849 g/mol. The number of alkyl carbamates (subject to hydrolysis) is 1. The lowest BCUT2D eigenvalue weighted by molar-refractivity contribution is -0.349. The van der Waals surface area contributed by atoms with Gasteiger partial charge >= 0.3 is 30.0 Å². The zero-order chi connectivity index (χ0) is 45.0. The Morgan fingerprint density at radius 1 is 0.918 bits per heavy atom. The first-order valence-corrected chi connectivity index (χ1v) is 20.2. The van der Waals surface area contributed by atoms with Crippen LogP contribution in [-0.2, 0) is 47.6 Å². The quantitative estimate of drug-likeness (QED) is 0.206. The molecular formula is C45H55NO15. The first-order valence-electron chi connectivity index (χ1n) is 20.2. The lowest BCUT2D eigenvalue weighted by Crippen LogP contribution is -2.82. The number of nitrogens with one attached hydrogen (secondary N) is 1. The van der Waals surface area contributed by atoms with Crippen molar-refractivity contribution in [3.8, 4) is 0 Å². The van der Waals surface area contributed by atoms with E-state index in [1.54, 1.807) is 83.1 Å². The van der Waals surface area contributed by atoms with Gasteiger partial charge in [0, 0.05) is 38.0 Å². The van der Waals surface area contributed by atoms with E-state index in [-0.39, 0.29) is 29.9 Å². The zero-order valence-electron chi connectivity index (χ0n) is 35.8. The molecule has 4 aliphatic rings. The van der Waals surface area contributed by atoms with Crippen LogP contribution in [0.1, 0.15) is 97.1 Å². The van der Waals surface area contributed by atoms with Gasteiger partial charge < -0.3 is 49.1 Å². The molecule has 0 radical (unpaired) electrons. The maximum Gasteiger partial charge on any atom is 0.408 e. The van der Waals surface area contributed by atoms with Crippen molar-refractivity contribution in [2.45, 2.75) is 129 Å². The van der Waals surface area contributed by atoms with Crippen LogP contribution in [0.5, 0.6) is 0 Å². The minimum absolute atomic E-state index is 0.0642. The van der Waals surface area contributed by atoms with Gasteiger partial charge in [-0.2, -0.15) is 0 Å². The predicted octanol–water partition coefficient (Wildman–Crippen LogP) is 4.04. The van der Waals surface area contributed by atoms with E-state index >= 15 is 4.79 Å². The molecule has 1 amide bonds. The first-order chi connectivity index (χ1) is 28.4. The van der Waals surface area contributed by atoms with Crippen LogP contribution in [0.15, 0.2) is 72.0 Å². The molecule has 3 fully saturated rings. The SMILES string of the molecule is CC(=O)O[C@H]1C(=O)[C@@]2(C)[C@H]([C@H](OC(=O)c3ccccc3)[C@]3(O)CC(OC(=O)[C@H](O)[C@@H](NC(=O)OC(C)(C)C)c4ccccc4)=C(C)[C@H]1C3(C)C)[C@]1(OC(C)=O)CO[C@@H]1C[C@@H]2O. The van der Waals surface area contributed by atoms with Crippen molar-refractivity contribution in [1.82, 2.24) is 5.32 Å². The second-order valence-electron chi connectivity index (χ2n) is 18.3. The molecule has 0 aromatic heterocycles. The molecule has 11 atom stereocenters. The lowest BCUT2D eigenvalue weighted by Gasteiger charge is -2.67. The van der Waals surface area contributed by atoms with Gasteiger partial charge in [0.1, 0.15) is 29.2 Å². The van der Waals surface area contributed by atoms with Crippen molar-refractivity contribution in [3.63, 3.8) is 0 Å². The molecule has 1 heterocycles. The van der Waals surface area contributed by atoms with Gasteiger partial charge in [0.15, 0.2) is 23.6 Å². The van der Waals surface area contributed by atoms with E-state index in [4.69, 9.17) is 28.4 Å². The van der Waals surface area contributed by atoms with E-state index in [0.717, 1.165) is 13.8 Å². The number of carbonyl (C=O) groups excluding carboxylic acids is 6. The van der Waals surface area contributed by atoms with Crippen LogP contribution in [0.3, 0.4) is 0 Å². The van der Waals surface area contributed by atoms with Gasteiger partial charge in [-0.3, -0.25) is 14.4 Å². The van der Waals surface area contributed by atoms with Gasteiger partial charge in [-0.15, -0.1) is 0 Å². The smallest absolute Gasteiger partial charge is 0.408 e. The van der Waals surface area contributed by atoms with Crippen molar-refractivity contribution in [3.05, 3.63) is 83.1 Å². The van der Waals surface area contributed by atoms with Gasteiger partial charge in [0.25, 0.3) is 0 Å². The number of esters is 4. The molecule has 16 nitrogen and oxygen atoms in total. The van der Waals surface area contributed by atoms with Crippen LogP contribution in [0.4, 0.5) is 4.79 Å². The Kier molecular flexibility index (Phi) is 12.1. The first kappa shape index (κ1) is 45.4. The summed E-state index contributed by atoms with van der Waals surface area (Å²) < 4.78 is 35.5. The number of ether oxygens (including phenoxy) is 6. The van der Waals surface area contributed by atoms with E-state index in [0.29, 0.717) is 5.56 Å². The van der Waals surface area contributed by atoms with E-state index in [2.05, 4.69) is 5.32 Å². The molecule has 2 aromatic rings. The summed E-state index contributed by atoms with van der Waals surface area (Å²) in [5.74, 6) is -7.89. The molecule has 2 saturated carbocycles. The highest BCUT2D eigenvalue weighted by atomic mass is 16.6. The molecule has 61 heavy (non-hydrogen) atoms. The normalized spacial score (nSPS) is 32.5. The van der Waals surface area contributed by atoms with Gasteiger partial charge in [0.2, 0.25) is 0 Å². The Balaban J connectivity index is 1.54. The maximum absolute atomic E-state index is 15.5. The van der Waals surface area contributed by atoms with Crippen LogP contribution < -0.4 is 5.32 Å². The number of hydrogen-bond donors (Lipinski definition) is 4. The summed E-state index contributed by atoms with van der Waals surface area (Å²) in [5.41, 5.74) is -8.22. The summed E-state index contributed by atoms with van der Waals surface area (Å²) in [4.78, 5) is 82.9. The number of benzene rings is 2. The second-order valence-corrected chi connectivity index (χ2v) is 18.3. The van der Waals surface area contributed by atoms with Crippen LogP contribution in [0, 0.1) is 22.7 Å². The highest BCUT2D eigenvalue weighted by molar-refractivity contribution is 5.93. The van der Waals surface area contributed by atoms with Crippen molar-refractivity contribution < 1.29 is 72.5 Å². The minimum Gasteiger partial charge on any atom is -0.455 e. The zero-order valence-corrected chi connectivity index (χ0v) is 35.8. The van der Waals surface area contributed by atoms with E-state index in [9.17, 15) is 39.3 Å². The van der Waals surface area contributed by atoms with Gasteiger partial charge in [0.05, 0.1) is 35.6 Å². The number of fused-ring (bicyclic) bond motifs is 5. The predicted molar refractivity (Wildman–Crippen MR) is 213 cm³/mol. The van der Waals surface area contributed by atoms with E-state index in [1.165, 1.54) is 26.0 Å². The molecule has 330 valence electrons. The summed E-state index contributed by atoms with van der Waals surface area (Å²) in [6.07, 6.45) is -10.0. The lowest BCUT2D eigenvalue weighted by atomic mass is 9.43. The molecular weight excluding hydrogens is 794 g/mol. The third kappa shape index (κ3) is 7.94. The van der Waals surface area contributed by atoms with E-state index in [1.807, 2.05) is 0 Å². The summed E-state index contributed by atoms with van der Waals surface area (Å²) >= 11 is 0. The highest BCUT2D eigenvalue weighted by Gasteiger charge is 2.79. The Morgan fingerprint density at radius 2 is 1.52 bits per heavy atom. The number of hydrogen-bond acceptors (Lipinski definition) is 15. The average Bonchev–Trinajstić information content (AvgIpc) is 3.17. The van der Waals surface area contributed by atoms with Gasteiger partial charge in [-0.25, -0.2) is 14.4 Å². The van der Waals surface area contributed by atoms with Crippen LogP contribution >= 0.6 is 0 Å². The fourth-order valence-electron chi connectivity index (χ4n) is 9.90. The van der Waals surface area contributed by atoms with Crippen LogP contribution in [0.25, 0.3) is 0 Å². The summed E-state index contributed by atoms with van der Waals surface area (Å²) in [7, 11) is 0. The van der Waals surface area contributed by atoms with Crippen molar-refractivity contribution >= 4 is 35.8 Å². The topological polar surface area (TPSA) is 231 Å². The maximum atomic E-state index is 15.5. The molecule has 0 spiro atoms. The molecule has 2 bridgehead atoms. The number of ketones is 1. The Bertz CT molecular complexity index is 2100. The van der Waals surface area contributed by atoms with Crippen LogP contribution in [-0.4, -0.2) is 105 Å². The molecule has 6 rings (SSSR count). The Morgan fingerprint density at radius 3 is 2.07 bits per heavy atom. The summed E-state index contributed by atoms with van der Waals surface area (Å²) in [6.45, 7) is 12.9. The number of Topliss-reactive ketones (excluding diaryl/α,β-unsaturated/α-hetero) is 1. The molecule has 16 heteroatoms. The molecule has 2 aromatic carbocycles. The Labute approximate surface area is 353 Å². The fourth-order valence-corrected chi connectivity index (χ4v) is 9.90. The number of amides is 1. The average molecular weight is 850 g/mol. The molecule has 0 unspecified atom stereocenters. The largest absolute Gasteiger partial charge is 0.455 e. The third-order valence-corrected chi connectivity index (χ3v) is 12.9. The number of rotatable bonds is 9. The number of carbonyl (C=O) groups is 6. The van der Waals surface area contributed by atoms with Gasteiger partial charge in [-0.05, 0) is 57.9 Å². The molecule has 3 aliphatic carbocycles. The number of aliphatic hydroxyl groups excluding tert-OH is 2. The van der Waals surface area contributed by atoms with Crippen molar-refractivity contribution in [2.75, 3.05) is 6.61 Å². The highest BCUT2D eigenvalue weighted by Crippen LogP contribution is 2.65. The van der Waals surface area contributed by atoms with Crippen molar-refractivity contribution in [1.29, 1.82) is 0 Å². The third-order valence-electron chi connectivity index (χ3n) is 12.9. The molecule has 4 N–H and O–H groups in total.